The van der Waals surface area contributed by atoms with E-state index in [4.69, 9.17) is 5.26 Å². The molecule has 3 aromatic heterocycles. The number of rotatable bonds is 3. The van der Waals surface area contributed by atoms with Gasteiger partial charge in [0.15, 0.2) is 0 Å². The quantitative estimate of drug-likeness (QED) is 0.577. The number of nitrogens with one attached hydrogen (secondary N) is 2. The molecule has 4 rings (SSSR count). The highest BCUT2D eigenvalue weighted by Gasteiger charge is 2.08. The zero-order valence-corrected chi connectivity index (χ0v) is 14.6. The van der Waals surface area contributed by atoms with E-state index in [1.54, 1.807) is 29.7 Å². The van der Waals surface area contributed by atoms with E-state index in [0.717, 1.165) is 26.4 Å². The lowest BCUT2D eigenvalue weighted by atomic mass is 10.1. The SMILES string of the molecule is Cc1cc(Nc2cc3nc(-c4ccc(C#N)cc4)sc3cn2)[nH]c(=O)c1. The first-order valence-corrected chi connectivity index (χ1v) is 8.67. The fourth-order valence-corrected chi connectivity index (χ4v) is 3.52. The minimum absolute atomic E-state index is 0.162. The molecule has 2 N–H and O–H groups in total. The number of thiazole rings is 1. The van der Waals surface area contributed by atoms with Crippen LogP contribution >= 0.6 is 11.3 Å². The molecule has 1 aromatic carbocycles. The van der Waals surface area contributed by atoms with Crippen molar-refractivity contribution < 1.29 is 0 Å². The van der Waals surface area contributed by atoms with E-state index in [1.807, 2.05) is 31.2 Å². The molecule has 0 fully saturated rings. The summed E-state index contributed by atoms with van der Waals surface area (Å²) in [6.45, 7) is 1.86. The van der Waals surface area contributed by atoms with Gasteiger partial charge in [-0.1, -0.05) is 12.1 Å². The number of aromatic nitrogens is 3. The van der Waals surface area contributed by atoms with Crippen molar-refractivity contribution in [1.29, 1.82) is 5.26 Å². The van der Waals surface area contributed by atoms with Crippen molar-refractivity contribution in [3.63, 3.8) is 0 Å². The zero-order chi connectivity index (χ0) is 18.1. The molecule has 7 heteroatoms. The molecule has 0 aliphatic heterocycles. The molecule has 26 heavy (non-hydrogen) atoms. The number of benzene rings is 1. The molecule has 0 saturated heterocycles. The van der Waals surface area contributed by atoms with Crippen LogP contribution in [0.2, 0.25) is 0 Å². The van der Waals surface area contributed by atoms with Gasteiger partial charge in [0.2, 0.25) is 5.56 Å². The molecule has 0 radical (unpaired) electrons. The average Bonchev–Trinajstić information content (AvgIpc) is 3.04. The number of anilines is 2. The number of nitrogens with zero attached hydrogens (tertiary/aromatic N) is 3. The summed E-state index contributed by atoms with van der Waals surface area (Å²) < 4.78 is 0.965. The summed E-state index contributed by atoms with van der Waals surface area (Å²) in [4.78, 5) is 23.4. The standard InChI is InChI=1S/C19H13N5OS/c1-11-6-17(24-18(25)7-11)23-16-8-14-15(10-21-16)26-19(22-14)13-4-2-12(9-20)3-5-13/h2-8,10H,1H3,(H2,21,23,24,25). The van der Waals surface area contributed by atoms with E-state index in [9.17, 15) is 4.79 Å². The van der Waals surface area contributed by atoms with Gasteiger partial charge in [-0.25, -0.2) is 9.97 Å². The Kier molecular flexibility index (Phi) is 3.95. The van der Waals surface area contributed by atoms with Gasteiger partial charge in [-0.15, -0.1) is 11.3 Å². The predicted octanol–water partition coefficient (Wildman–Crippen LogP) is 3.97. The van der Waals surface area contributed by atoms with E-state index < -0.39 is 0 Å². The molecule has 0 amide bonds. The summed E-state index contributed by atoms with van der Waals surface area (Å²) in [7, 11) is 0. The van der Waals surface area contributed by atoms with Crippen LogP contribution in [-0.2, 0) is 0 Å². The first kappa shape index (κ1) is 16.0. The van der Waals surface area contributed by atoms with Crippen molar-refractivity contribution in [3.8, 4) is 16.6 Å². The lowest BCUT2D eigenvalue weighted by molar-refractivity contribution is 1.19. The maximum atomic E-state index is 11.6. The van der Waals surface area contributed by atoms with Crippen molar-refractivity contribution in [2.45, 2.75) is 6.92 Å². The second-order valence-corrected chi connectivity index (χ2v) is 6.84. The van der Waals surface area contributed by atoms with Gasteiger partial charge in [0.1, 0.15) is 16.6 Å². The van der Waals surface area contributed by atoms with Crippen molar-refractivity contribution in [2.24, 2.45) is 0 Å². The number of nitriles is 1. The molecule has 0 bridgehead atoms. The van der Waals surface area contributed by atoms with Crippen molar-refractivity contribution in [3.05, 3.63) is 70.1 Å². The topological polar surface area (TPSA) is 94.5 Å². The fraction of sp³-hybridized carbons (Fsp3) is 0.0526. The molecular weight excluding hydrogens is 346 g/mol. The van der Waals surface area contributed by atoms with Crippen LogP contribution in [0.4, 0.5) is 11.6 Å². The molecule has 0 unspecified atom stereocenters. The van der Waals surface area contributed by atoms with Crippen LogP contribution in [0, 0.1) is 18.3 Å². The highest BCUT2D eigenvalue weighted by molar-refractivity contribution is 7.21. The summed E-state index contributed by atoms with van der Waals surface area (Å²) in [6.07, 6.45) is 1.76. The number of hydrogen-bond acceptors (Lipinski definition) is 6. The smallest absolute Gasteiger partial charge is 0.249 e. The first-order chi connectivity index (χ1) is 12.6. The Morgan fingerprint density at radius 3 is 2.73 bits per heavy atom. The van der Waals surface area contributed by atoms with E-state index in [0.29, 0.717) is 17.2 Å². The molecule has 0 aliphatic rings. The molecule has 0 saturated carbocycles. The monoisotopic (exact) mass is 359 g/mol. The van der Waals surface area contributed by atoms with Gasteiger partial charge in [-0.05, 0) is 30.7 Å². The largest absolute Gasteiger partial charge is 0.326 e. The lowest BCUT2D eigenvalue weighted by Gasteiger charge is -2.05. The molecule has 4 aromatic rings. The van der Waals surface area contributed by atoms with Crippen LogP contribution in [0.1, 0.15) is 11.1 Å². The van der Waals surface area contributed by atoms with E-state index in [2.05, 4.69) is 26.3 Å². The summed E-state index contributed by atoms with van der Waals surface area (Å²) in [5.74, 6) is 1.19. The lowest BCUT2D eigenvalue weighted by Crippen LogP contribution is -2.08. The van der Waals surface area contributed by atoms with Crippen molar-refractivity contribution in [1.82, 2.24) is 15.0 Å². The minimum atomic E-state index is -0.162. The molecular formula is C19H13N5OS. The van der Waals surface area contributed by atoms with Crippen molar-refractivity contribution >= 4 is 33.2 Å². The van der Waals surface area contributed by atoms with Crippen molar-refractivity contribution in [2.75, 3.05) is 5.32 Å². The molecule has 126 valence electrons. The second kappa shape index (κ2) is 6.43. The number of hydrogen-bond donors (Lipinski definition) is 2. The number of pyridine rings is 2. The Morgan fingerprint density at radius 2 is 2.00 bits per heavy atom. The Bertz CT molecular complexity index is 1200. The highest BCUT2D eigenvalue weighted by Crippen LogP contribution is 2.31. The molecule has 0 spiro atoms. The van der Waals surface area contributed by atoms with Gasteiger partial charge in [0.05, 0.1) is 21.8 Å². The summed E-state index contributed by atoms with van der Waals surface area (Å²) in [5, 5.41) is 12.9. The minimum Gasteiger partial charge on any atom is -0.326 e. The zero-order valence-electron chi connectivity index (χ0n) is 13.8. The Labute approximate surface area is 152 Å². The van der Waals surface area contributed by atoms with Gasteiger partial charge >= 0.3 is 0 Å². The summed E-state index contributed by atoms with van der Waals surface area (Å²) >= 11 is 1.54. The number of aromatic amines is 1. The highest BCUT2D eigenvalue weighted by atomic mass is 32.1. The number of H-pyrrole nitrogens is 1. The molecule has 6 nitrogen and oxygen atoms in total. The third-order valence-electron chi connectivity index (χ3n) is 3.79. The molecule has 0 atom stereocenters. The Morgan fingerprint density at radius 1 is 1.19 bits per heavy atom. The predicted molar refractivity (Wildman–Crippen MR) is 103 cm³/mol. The van der Waals surface area contributed by atoms with Crippen LogP contribution in [0.25, 0.3) is 20.8 Å². The van der Waals surface area contributed by atoms with Gasteiger partial charge in [-0.2, -0.15) is 5.26 Å². The first-order valence-electron chi connectivity index (χ1n) is 7.86. The number of fused-ring (bicyclic) bond motifs is 1. The maximum Gasteiger partial charge on any atom is 0.249 e. The third kappa shape index (κ3) is 3.18. The maximum absolute atomic E-state index is 11.6. The van der Waals surface area contributed by atoms with Crippen LogP contribution < -0.4 is 10.9 Å². The van der Waals surface area contributed by atoms with E-state index >= 15 is 0 Å². The Balaban J connectivity index is 1.67. The summed E-state index contributed by atoms with van der Waals surface area (Å²) in [6, 6.07) is 14.7. The van der Waals surface area contributed by atoms with E-state index in [-0.39, 0.29) is 5.56 Å². The Hall–Kier alpha value is -3.50. The fourth-order valence-electron chi connectivity index (χ4n) is 2.60. The molecule has 0 aliphatic carbocycles. The molecule has 3 heterocycles. The van der Waals surface area contributed by atoms with Crippen LogP contribution in [0.15, 0.2) is 53.5 Å². The van der Waals surface area contributed by atoms with Gasteiger partial charge < -0.3 is 10.3 Å². The third-order valence-corrected chi connectivity index (χ3v) is 4.84. The number of aryl methyl sites for hydroxylation is 1. The van der Waals surface area contributed by atoms with Crippen LogP contribution in [0.5, 0.6) is 0 Å². The summed E-state index contributed by atoms with van der Waals surface area (Å²) in [5.41, 5.74) is 3.11. The van der Waals surface area contributed by atoms with Gasteiger partial charge in [-0.3, -0.25) is 4.79 Å². The van der Waals surface area contributed by atoms with Crippen LogP contribution in [0.3, 0.4) is 0 Å². The van der Waals surface area contributed by atoms with E-state index in [1.165, 1.54) is 6.07 Å². The van der Waals surface area contributed by atoms with Gasteiger partial charge in [0, 0.05) is 23.9 Å². The normalized spacial score (nSPS) is 10.6. The van der Waals surface area contributed by atoms with Gasteiger partial charge in [0.25, 0.3) is 0 Å². The second-order valence-electron chi connectivity index (χ2n) is 5.81. The van der Waals surface area contributed by atoms with Crippen LogP contribution in [-0.4, -0.2) is 15.0 Å². The average molecular weight is 359 g/mol.